The molecule has 2 heterocycles. The largest absolute Gasteiger partial charge is 0.397 e. The SMILES string of the molecule is CC(C)O.Cc1ccc(S(=O)(=O)n2ccc3c(N)c(Br)cnc32)cc1. The molecular formula is C17H20BrN3O3S. The predicted molar refractivity (Wildman–Crippen MR) is 103 cm³/mol. The minimum absolute atomic E-state index is 0.167. The summed E-state index contributed by atoms with van der Waals surface area (Å²) >= 11 is 3.28. The molecule has 1 aromatic carbocycles. The molecule has 0 aliphatic rings. The lowest BCUT2D eigenvalue weighted by molar-refractivity contribution is 0.216. The summed E-state index contributed by atoms with van der Waals surface area (Å²) < 4.78 is 27.2. The lowest BCUT2D eigenvalue weighted by Gasteiger charge is -2.08. The average molecular weight is 426 g/mol. The maximum Gasteiger partial charge on any atom is 0.269 e. The molecule has 0 spiro atoms. The third kappa shape index (κ3) is 4.20. The number of nitrogen functional groups attached to an aromatic ring is 1. The molecule has 6 nitrogen and oxygen atoms in total. The number of rotatable bonds is 2. The number of aryl methyl sites for hydroxylation is 1. The molecule has 0 saturated heterocycles. The summed E-state index contributed by atoms with van der Waals surface area (Å²) in [4.78, 5) is 4.38. The Labute approximate surface area is 155 Å². The normalized spacial score (nSPS) is 11.4. The zero-order valence-electron chi connectivity index (χ0n) is 14.1. The molecule has 134 valence electrons. The van der Waals surface area contributed by atoms with Crippen molar-refractivity contribution in [1.82, 2.24) is 8.96 Å². The fourth-order valence-electron chi connectivity index (χ4n) is 2.08. The van der Waals surface area contributed by atoms with Crippen molar-refractivity contribution in [3.63, 3.8) is 0 Å². The van der Waals surface area contributed by atoms with E-state index in [0.717, 1.165) is 9.54 Å². The van der Waals surface area contributed by atoms with Gasteiger partial charge in [0.15, 0.2) is 5.65 Å². The second-order valence-corrected chi connectivity index (χ2v) is 8.45. The van der Waals surface area contributed by atoms with Crippen LogP contribution >= 0.6 is 15.9 Å². The molecule has 0 aliphatic carbocycles. The molecule has 25 heavy (non-hydrogen) atoms. The smallest absolute Gasteiger partial charge is 0.269 e. The van der Waals surface area contributed by atoms with E-state index >= 15 is 0 Å². The lowest BCUT2D eigenvalue weighted by Crippen LogP contribution is -2.12. The van der Waals surface area contributed by atoms with Gasteiger partial charge in [-0.3, -0.25) is 0 Å². The zero-order chi connectivity index (χ0) is 18.8. The van der Waals surface area contributed by atoms with Crippen LogP contribution in [-0.4, -0.2) is 28.6 Å². The van der Waals surface area contributed by atoms with Gasteiger partial charge in [-0.05, 0) is 54.9 Å². The van der Waals surface area contributed by atoms with E-state index in [2.05, 4.69) is 20.9 Å². The third-order valence-electron chi connectivity index (χ3n) is 3.25. The monoisotopic (exact) mass is 425 g/mol. The Kier molecular flexibility index (Phi) is 5.87. The van der Waals surface area contributed by atoms with Gasteiger partial charge in [0.05, 0.1) is 15.1 Å². The van der Waals surface area contributed by atoms with E-state index in [0.29, 0.717) is 21.2 Å². The van der Waals surface area contributed by atoms with Gasteiger partial charge in [-0.2, -0.15) is 0 Å². The molecule has 0 atom stereocenters. The van der Waals surface area contributed by atoms with Gasteiger partial charge in [0.1, 0.15) is 0 Å². The van der Waals surface area contributed by atoms with E-state index in [4.69, 9.17) is 10.8 Å². The van der Waals surface area contributed by atoms with E-state index in [1.165, 1.54) is 12.4 Å². The van der Waals surface area contributed by atoms with Crippen LogP contribution < -0.4 is 5.73 Å². The van der Waals surface area contributed by atoms with E-state index in [1.807, 2.05) is 6.92 Å². The number of aliphatic hydroxyl groups excluding tert-OH is 1. The molecular weight excluding hydrogens is 406 g/mol. The minimum atomic E-state index is -3.69. The van der Waals surface area contributed by atoms with Crippen LogP contribution in [0.25, 0.3) is 11.0 Å². The second-order valence-electron chi connectivity index (χ2n) is 5.78. The average Bonchev–Trinajstić information content (AvgIpc) is 2.96. The number of aliphatic hydroxyl groups is 1. The quantitative estimate of drug-likeness (QED) is 0.655. The van der Waals surface area contributed by atoms with Crippen molar-refractivity contribution in [2.45, 2.75) is 31.8 Å². The van der Waals surface area contributed by atoms with Crippen molar-refractivity contribution in [1.29, 1.82) is 0 Å². The first-order valence-corrected chi connectivity index (χ1v) is 9.79. The number of nitrogens with two attached hydrogens (primary N) is 1. The Morgan fingerprint density at radius 3 is 2.32 bits per heavy atom. The Morgan fingerprint density at radius 1 is 1.20 bits per heavy atom. The predicted octanol–water partition coefficient (Wildman–Crippen LogP) is 3.31. The van der Waals surface area contributed by atoms with Crippen LogP contribution in [0.2, 0.25) is 0 Å². The Balaban J connectivity index is 0.000000511. The summed E-state index contributed by atoms with van der Waals surface area (Å²) in [5, 5.41) is 8.65. The first-order valence-electron chi connectivity index (χ1n) is 7.56. The first kappa shape index (κ1) is 19.4. The van der Waals surface area contributed by atoms with Gasteiger partial charge in [-0.15, -0.1) is 0 Å². The van der Waals surface area contributed by atoms with Crippen LogP contribution in [0.4, 0.5) is 5.69 Å². The van der Waals surface area contributed by atoms with Crippen LogP contribution in [-0.2, 0) is 10.0 Å². The van der Waals surface area contributed by atoms with E-state index in [1.54, 1.807) is 44.2 Å². The summed E-state index contributed by atoms with van der Waals surface area (Å²) in [6.45, 7) is 5.35. The number of halogens is 1. The van der Waals surface area contributed by atoms with Crippen molar-refractivity contribution in [3.05, 3.63) is 52.8 Å². The molecule has 8 heteroatoms. The van der Waals surface area contributed by atoms with Crippen LogP contribution in [0.3, 0.4) is 0 Å². The van der Waals surface area contributed by atoms with Crippen LogP contribution in [0, 0.1) is 6.92 Å². The number of nitrogens with zero attached hydrogens (tertiary/aromatic N) is 2. The highest BCUT2D eigenvalue weighted by atomic mass is 79.9. The van der Waals surface area contributed by atoms with Crippen molar-refractivity contribution in [2.75, 3.05) is 5.73 Å². The maximum absolute atomic E-state index is 12.7. The molecule has 0 radical (unpaired) electrons. The highest BCUT2D eigenvalue weighted by molar-refractivity contribution is 9.10. The zero-order valence-corrected chi connectivity index (χ0v) is 16.5. The molecule has 3 N–H and O–H groups in total. The van der Waals surface area contributed by atoms with Crippen molar-refractivity contribution in [2.24, 2.45) is 0 Å². The number of aromatic nitrogens is 2. The summed E-state index contributed by atoms with van der Waals surface area (Å²) in [6, 6.07) is 8.33. The topological polar surface area (TPSA) is 98.2 Å². The number of pyridine rings is 1. The molecule has 3 rings (SSSR count). The number of anilines is 1. The fraction of sp³-hybridized carbons (Fsp3) is 0.235. The van der Waals surface area contributed by atoms with Gasteiger partial charge in [-0.25, -0.2) is 17.4 Å². The summed E-state index contributed by atoms with van der Waals surface area (Å²) in [7, 11) is -3.69. The maximum atomic E-state index is 12.7. The Morgan fingerprint density at radius 2 is 1.76 bits per heavy atom. The van der Waals surface area contributed by atoms with Crippen molar-refractivity contribution < 1.29 is 13.5 Å². The number of fused-ring (bicyclic) bond motifs is 1. The molecule has 0 aliphatic heterocycles. The van der Waals surface area contributed by atoms with Gasteiger partial charge >= 0.3 is 0 Å². The van der Waals surface area contributed by atoms with Crippen molar-refractivity contribution >= 4 is 42.7 Å². The molecule has 2 aromatic heterocycles. The van der Waals surface area contributed by atoms with Gasteiger partial charge < -0.3 is 10.8 Å². The highest BCUT2D eigenvalue weighted by Gasteiger charge is 2.20. The summed E-state index contributed by atoms with van der Waals surface area (Å²) in [5.41, 5.74) is 7.72. The minimum Gasteiger partial charge on any atom is -0.397 e. The molecule has 0 saturated carbocycles. The van der Waals surface area contributed by atoms with Crippen LogP contribution in [0.1, 0.15) is 19.4 Å². The first-order chi connectivity index (χ1) is 11.6. The second kappa shape index (κ2) is 7.55. The highest BCUT2D eigenvalue weighted by Crippen LogP contribution is 2.29. The molecule has 0 amide bonds. The number of hydrogen-bond acceptors (Lipinski definition) is 5. The number of hydrogen-bond donors (Lipinski definition) is 2. The fourth-order valence-corrected chi connectivity index (χ4v) is 3.69. The summed E-state index contributed by atoms with van der Waals surface area (Å²) in [6.07, 6.45) is 2.80. The van der Waals surface area contributed by atoms with Gasteiger partial charge in [0, 0.05) is 23.9 Å². The van der Waals surface area contributed by atoms with E-state index < -0.39 is 10.0 Å². The standard InChI is InChI=1S/C14H12BrN3O2S.C3H8O/c1-9-2-4-10(5-3-9)21(19,20)18-7-6-11-13(16)12(15)8-17-14(11)18;1-3(2)4/h2-8H,1H3,(H2,16,17);3-4H,1-2H3. The number of benzene rings is 1. The third-order valence-corrected chi connectivity index (χ3v) is 5.56. The molecule has 0 bridgehead atoms. The van der Waals surface area contributed by atoms with Crippen LogP contribution in [0.15, 0.2) is 52.1 Å². The summed E-state index contributed by atoms with van der Waals surface area (Å²) in [5.74, 6) is 0. The molecule has 0 fully saturated rings. The Hall–Kier alpha value is -1.90. The van der Waals surface area contributed by atoms with Crippen LogP contribution in [0.5, 0.6) is 0 Å². The van der Waals surface area contributed by atoms with E-state index in [-0.39, 0.29) is 11.0 Å². The molecule has 3 aromatic rings. The lowest BCUT2D eigenvalue weighted by atomic mass is 10.2. The Bertz CT molecular complexity index is 978. The van der Waals surface area contributed by atoms with E-state index in [9.17, 15) is 8.42 Å². The van der Waals surface area contributed by atoms with Gasteiger partial charge in [-0.1, -0.05) is 17.7 Å². The van der Waals surface area contributed by atoms with Gasteiger partial charge in [0.25, 0.3) is 10.0 Å². The molecule has 0 unspecified atom stereocenters. The van der Waals surface area contributed by atoms with Crippen molar-refractivity contribution in [3.8, 4) is 0 Å². The van der Waals surface area contributed by atoms with Gasteiger partial charge in [0.2, 0.25) is 0 Å².